The number of anilines is 1. The second kappa shape index (κ2) is 9.43. The summed E-state index contributed by atoms with van der Waals surface area (Å²) in [5, 5.41) is 9.04. The van der Waals surface area contributed by atoms with E-state index in [1.807, 2.05) is 6.20 Å². The molecule has 0 unspecified atom stereocenters. The highest BCUT2D eigenvalue weighted by molar-refractivity contribution is 6.20. The smallest absolute Gasteiger partial charge is 0.321 e. The fourth-order valence-corrected chi connectivity index (χ4v) is 5.39. The summed E-state index contributed by atoms with van der Waals surface area (Å²) in [6, 6.07) is 4.53. The Morgan fingerprint density at radius 3 is 2.69 bits per heavy atom. The summed E-state index contributed by atoms with van der Waals surface area (Å²) in [5.74, 6) is 2.87. The first kappa shape index (κ1) is 22.2. The van der Waals surface area contributed by atoms with Crippen molar-refractivity contribution in [1.29, 1.82) is 0 Å². The molecule has 2 aromatic heterocycles. The number of ether oxygens (including phenoxy) is 2. The van der Waals surface area contributed by atoms with Crippen molar-refractivity contribution in [3.05, 3.63) is 29.6 Å². The molecule has 184 valence electrons. The van der Waals surface area contributed by atoms with Gasteiger partial charge < -0.3 is 19.5 Å². The molecular weight excluding hydrogens is 446 g/mol. The molecule has 0 aromatic carbocycles. The highest BCUT2D eigenvalue weighted by Crippen LogP contribution is 2.41. The molecule has 4 heterocycles. The third-order valence-electron chi connectivity index (χ3n) is 7.58. The Kier molecular flexibility index (Phi) is 6.00. The van der Waals surface area contributed by atoms with Crippen LogP contribution in [-0.4, -0.2) is 51.6 Å². The number of hydrogen-bond acceptors (Lipinski definition) is 8. The van der Waals surface area contributed by atoms with E-state index in [-0.39, 0.29) is 6.42 Å². The van der Waals surface area contributed by atoms with Crippen molar-refractivity contribution in [3.8, 4) is 11.9 Å². The van der Waals surface area contributed by atoms with Gasteiger partial charge in [-0.1, -0.05) is 12.8 Å². The topological polar surface area (TPSA) is 110 Å². The van der Waals surface area contributed by atoms with Gasteiger partial charge >= 0.3 is 12.0 Å². The number of pyridine rings is 1. The number of amidine groups is 1. The number of rotatable bonds is 9. The number of carboxylic acids is 1. The number of carbonyl (C=O) groups is 1. The Balaban J connectivity index is 1.10. The minimum atomic E-state index is -0.695. The minimum Gasteiger partial charge on any atom is -0.481 e. The van der Waals surface area contributed by atoms with Crippen molar-refractivity contribution in [2.24, 2.45) is 16.8 Å². The third-order valence-corrected chi connectivity index (χ3v) is 7.58. The first-order valence-electron chi connectivity index (χ1n) is 12.9. The molecule has 0 atom stereocenters. The molecule has 2 saturated carbocycles. The van der Waals surface area contributed by atoms with E-state index in [0.717, 1.165) is 60.8 Å². The maximum atomic E-state index is 11.0. The molecular formula is C26H31N5O4. The highest BCUT2D eigenvalue weighted by atomic mass is 16.5. The van der Waals surface area contributed by atoms with Gasteiger partial charge in [-0.2, -0.15) is 9.97 Å². The maximum absolute atomic E-state index is 11.0. The van der Waals surface area contributed by atoms with Crippen molar-refractivity contribution in [2.45, 2.75) is 63.7 Å². The molecule has 9 nitrogen and oxygen atoms in total. The Hall–Kier alpha value is -3.23. The van der Waals surface area contributed by atoms with Crippen LogP contribution in [0.2, 0.25) is 0 Å². The molecule has 0 amide bonds. The van der Waals surface area contributed by atoms with Gasteiger partial charge in [-0.25, -0.2) is 4.99 Å². The van der Waals surface area contributed by atoms with Crippen LogP contribution in [0.5, 0.6) is 11.9 Å². The van der Waals surface area contributed by atoms with Gasteiger partial charge in [0.1, 0.15) is 12.2 Å². The standard InChI is InChI=1S/C26H31N5O4/c32-21(33)14-17-5-7-18(8-6-17)20-10-9-19(15-27-20)31-11-13-34-25-22-23(28-24(22)31)29-26(30-25)35-12-1-2-16-3-4-16/h9-10,15-18H,1-8,11-14H2,(H,32,33). The molecule has 2 fully saturated rings. The van der Waals surface area contributed by atoms with E-state index in [9.17, 15) is 4.79 Å². The van der Waals surface area contributed by atoms with Gasteiger partial charge in [-0.05, 0) is 62.5 Å². The van der Waals surface area contributed by atoms with Crippen LogP contribution in [0.15, 0.2) is 23.3 Å². The van der Waals surface area contributed by atoms with Crippen molar-refractivity contribution >= 4 is 23.3 Å². The molecule has 0 radical (unpaired) electrons. The zero-order valence-corrected chi connectivity index (χ0v) is 19.9. The molecule has 0 saturated heterocycles. The fourth-order valence-electron chi connectivity index (χ4n) is 5.39. The lowest BCUT2D eigenvalue weighted by Crippen LogP contribution is -2.36. The summed E-state index contributed by atoms with van der Waals surface area (Å²) < 4.78 is 11.7. The molecule has 1 N–H and O–H groups in total. The number of aliphatic carboxylic acids is 1. The number of carboxylic acid groups (broad SMARTS) is 1. The summed E-state index contributed by atoms with van der Waals surface area (Å²) >= 11 is 0. The minimum absolute atomic E-state index is 0.277. The summed E-state index contributed by atoms with van der Waals surface area (Å²) in [7, 11) is 0. The van der Waals surface area contributed by atoms with E-state index in [4.69, 9.17) is 19.6 Å². The molecule has 2 aliphatic carbocycles. The predicted molar refractivity (Wildman–Crippen MR) is 130 cm³/mol. The van der Waals surface area contributed by atoms with Crippen LogP contribution in [0.1, 0.15) is 75.0 Å². The monoisotopic (exact) mass is 477 g/mol. The average molecular weight is 478 g/mol. The van der Waals surface area contributed by atoms with Gasteiger partial charge in [0, 0.05) is 18.0 Å². The quantitative estimate of drug-likeness (QED) is 0.527. The Labute approximate surface area is 204 Å². The molecule has 0 bridgehead atoms. The highest BCUT2D eigenvalue weighted by Gasteiger charge is 2.35. The number of nitrogens with zero attached hydrogens (tertiary/aromatic N) is 5. The summed E-state index contributed by atoms with van der Waals surface area (Å²) in [6.07, 6.45) is 11.0. The lowest BCUT2D eigenvalue weighted by molar-refractivity contribution is -0.138. The Morgan fingerprint density at radius 2 is 1.94 bits per heavy atom. The summed E-state index contributed by atoms with van der Waals surface area (Å²) in [4.78, 5) is 31.5. The van der Waals surface area contributed by atoms with Gasteiger partial charge in [0.25, 0.3) is 0 Å². The van der Waals surface area contributed by atoms with Crippen LogP contribution in [-0.2, 0) is 4.79 Å². The van der Waals surface area contributed by atoms with E-state index < -0.39 is 5.97 Å². The molecule has 9 heteroatoms. The third kappa shape index (κ3) is 4.81. The first-order chi connectivity index (χ1) is 17.1. The lowest BCUT2D eigenvalue weighted by Gasteiger charge is -2.29. The van der Waals surface area contributed by atoms with Crippen LogP contribution in [0.25, 0.3) is 0 Å². The Morgan fingerprint density at radius 1 is 1.11 bits per heavy atom. The maximum Gasteiger partial charge on any atom is 0.321 e. The van der Waals surface area contributed by atoms with Crippen LogP contribution >= 0.6 is 0 Å². The molecule has 4 aliphatic rings. The number of aliphatic imine (C=N–C) groups is 1. The van der Waals surface area contributed by atoms with E-state index in [1.165, 1.54) is 19.3 Å². The second-order valence-electron chi connectivity index (χ2n) is 10.1. The van der Waals surface area contributed by atoms with E-state index in [1.54, 1.807) is 0 Å². The van der Waals surface area contributed by atoms with Crippen LogP contribution in [0.3, 0.4) is 0 Å². The second-order valence-corrected chi connectivity index (χ2v) is 10.1. The van der Waals surface area contributed by atoms with Crippen molar-refractivity contribution in [1.82, 2.24) is 15.0 Å². The van der Waals surface area contributed by atoms with Crippen molar-refractivity contribution in [3.63, 3.8) is 0 Å². The van der Waals surface area contributed by atoms with Gasteiger partial charge in [0.05, 0.1) is 25.0 Å². The van der Waals surface area contributed by atoms with Crippen LogP contribution in [0, 0.1) is 11.8 Å². The molecule has 35 heavy (non-hydrogen) atoms. The van der Waals surface area contributed by atoms with Crippen molar-refractivity contribution < 1.29 is 19.4 Å². The number of hydrogen-bond donors (Lipinski definition) is 1. The summed E-state index contributed by atoms with van der Waals surface area (Å²) in [5.41, 5.74) is 2.89. The van der Waals surface area contributed by atoms with Crippen molar-refractivity contribution in [2.75, 3.05) is 24.7 Å². The zero-order valence-electron chi connectivity index (χ0n) is 19.9. The average Bonchev–Trinajstić information content (AvgIpc) is 3.68. The lowest BCUT2D eigenvalue weighted by atomic mass is 9.79. The van der Waals surface area contributed by atoms with Gasteiger partial charge in [0.15, 0.2) is 11.7 Å². The zero-order chi connectivity index (χ0) is 23.8. The largest absolute Gasteiger partial charge is 0.481 e. The van der Waals surface area contributed by atoms with E-state index >= 15 is 0 Å². The van der Waals surface area contributed by atoms with Gasteiger partial charge in [0.2, 0.25) is 5.88 Å². The van der Waals surface area contributed by atoms with Gasteiger partial charge in [-0.3, -0.25) is 9.78 Å². The molecule has 0 spiro atoms. The SMILES string of the molecule is O=C(O)CC1CCC(c2ccc(N3CCOc4nc(OCCCC5CC5)nc5c4C3=N5)cn2)CC1. The van der Waals surface area contributed by atoms with Gasteiger partial charge in [-0.15, -0.1) is 0 Å². The normalized spacial score (nSPS) is 22.9. The fraction of sp³-hybridized carbons (Fsp3) is 0.577. The van der Waals surface area contributed by atoms with E-state index in [0.29, 0.717) is 49.3 Å². The first-order valence-corrected chi connectivity index (χ1v) is 12.9. The van der Waals surface area contributed by atoms with Crippen LogP contribution < -0.4 is 14.4 Å². The number of aromatic nitrogens is 3. The van der Waals surface area contributed by atoms with Crippen LogP contribution in [0.4, 0.5) is 11.5 Å². The van der Waals surface area contributed by atoms with E-state index in [2.05, 4.69) is 32.0 Å². The summed E-state index contributed by atoms with van der Waals surface area (Å²) in [6.45, 7) is 1.75. The Bertz CT molecular complexity index is 1120. The molecule has 6 rings (SSSR count). The predicted octanol–water partition coefficient (Wildman–Crippen LogP) is 4.48. The molecule has 2 aromatic rings. The molecule has 2 aliphatic heterocycles.